The highest BCUT2D eigenvalue weighted by Gasteiger charge is 2.23. The molecule has 1 aromatic carbocycles. The maximum atomic E-state index is 11.7. The number of anilines is 3. The number of nitrogens with zero attached hydrogens (tertiary/aromatic N) is 4. The minimum atomic E-state index is -0.674. The molecule has 29 heavy (non-hydrogen) atoms. The first-order valence-corrected chi connectivity index (χ1v) is 8.96. The summed E-state index contributed by atoms with van der Waals surface area (Å²) < 4.78 is 5.25. The van der Waals surface area contributed by atoms with Gasteiger partial charge in [-0.1, -0.05) is 19.9 Å². The fraction of sp³-hybridized carbons (Fsp3) is 0.250. The first-order chi connectivity index (χ1) is 13.9. The second kappa shape index (κ2) is 8.39. The molecule has 3 rings (SSSR count). The molecule has 148 valence electrons. The van der Waals surface area contributed by atoms with Crippen LogP contribution in [0.4, 0.5) is 17.5 Å². The van der Waals surface area contributed by atoms with Crippen molar-refractivity contribution in [1.82, 2.24) is 15.0 Å². The van der Waals surface area contributed by atoms with E-state index in [1.54, 1.807) is 6.20 Å². The van der Waals surface area contributed by atoms with Gasteiger partial charge in [0.2, 0.25) is 17.7 Å². The maximum Gasteiger partial charge on any atom is 0.240 e. The summed E-state index contributed by atoms with van der Waals surface area (Å²) in [5.74, 6) is -0.145. The van der Waals surface area contributed by atoms with Gasteiger partial charge in [-0.25, -0.2) is 0 Å². The number of nitrogens with one attached hydrogen (secondary N) is 2. The van der Waals surface area contributed by atoms with E-state index < -0.39 is 11.9 Å². The van der Waals surface area contributed by atoms with Crippen molar-refractivity contribution in [3.8, 4) is 11.9 Å². The summed E-state index contributed by atoms with van der Waals surface area (Å²) in [5.41, 5.74) is 7.17. The fourth-order valence-corrected chi connectivity index (χ4v) is 2.84. The van der Waals surface area contributed by atoms with Crippen LogP contribution in [0.5, 0.6) is 5.88 Å². The smallest absolute Gasteiger partial charge is 0.240 e. The Bertz CT molecular complexity index is 1090. The summed E-state index contributed by atoms with van der Waals surface area (Å²) in [7, 11) is 1.41. The van der Waals surface area contributed by atoms with Gasteiger partial charge in [0.15, 0.2) is 11.4 Å². The molecule has 9 heteroatoms. The number of hydrogen-bond donors (Lipinski definition) is 3. The van der Waals surface area contributed by atoms with Gasteiger partial charge >= 0.3 is 0 Å². The van der Waals surface area contributed by atoms with Crippen molar-refractivity contribution in [3.63, 3.8) is 0 Å². The summed E-state index contributed by atoms with van der Waals surface area (Å²) in [4.78, 5) is 24.6. The number of ether oxygens (including phenoxy) is 1. The van der Waals surface area contributed by atoms with Crippen LogP contribution >= 0.6 is 0 Å². The van der Waals surface area contributed by atoms with Gasteiger partial charge < -0.3 is 21.1 Å². The number of pyridine rings is 1. The highest BCUT2D eigenvalue weighted by Crippen LogP contribution is 2.28. The number of hydrogen-bond acceptors (Lipinski definition) is 8. The van der Waals surface area contributed by atoms with Gasteiger partial charge in [-0.2, -0.15) is 15.2 Å². The number of methoxy groups -OCH3 is 1. The van der Waals surface area contributed by atoms with E-state index in [9.17, 15) is 10.1 Å². The normalized spacial score (nSPS) is 11.7. The molecule has 9 nitrogen and oxygen atoms in total. The molecule has 0 aliphatic rings. The molecule has 0 radical (unpaired) electrons. The fourth-order valence-electron chi connectivity index (χ4n) is 2.84. The Labute approximate surface area is 167 Å². The van der Waals surface area contributed by atoms with E-state index in [-0.39, 0.29) is 29.1 Å². The van der Waals surface area contributed by atoms with E-state index in [1.807, 2.05) is 44.2 Å². The van der Waals surface area contributed by atoms with Gasteiger partial charge in [0.1, 0.15) is 12.1 Å². The third-order valence-corrected chi connectivity index (χ3v) is 4.30. The zero-order valence-electron chi connectivity index (χ0n) is 16.3. The highest BCUT2D eigenvalue weighted by atomic mass is 16.5. The Morgan fingerprint density at radius 2 is 2.07 bits per heavy atom. The molecule has 0 saturated heterocycles. The van der Waals surface area contributed by atoms with Crippen molar-refractivity contribution < 1.29 is 9.53 Å². The standard InChI is InChI=1S/C20H21N7O2/c1-11(2)16(17(22)28)25-20-26-18(14(10-21)19(27-20)29-3)24-13-6-7-15-12(9-13)5-4-8-23-15/h4-9,11,16H,1-3H3,(H2,22,28)(H2,24,25,26,27). The molecular weight excluding hydrogens is 370 g/mol. The third-order valence-electron chi connectivity index (χ3n) is 4.30. The van der Waals surface area contributed by atoms with Gasteiger partial charge in [0.25, 0.3) is 0 Å². The molecule has 0 bridgehead atoms. The molecule has 0 spiro atoms. The van der Waals surface area contributed by atoms with Crippen LogP contribution in [0.3, 0.4) is 0 Å². The molecule has 3 aromatic rings. The molecule has 0 fully saturated rings. The molecule has 2 aromatic heterocycles. The molecule has 0 saturated carbocycles. The quantitative estimate of drug-likeness (QED) is 0.558. The first kappa shape index (κ1) is 19.8. The summed E-state index contributed by atoms with van der Waals surface area (Å²) in [6.07, 6.45) is 1.72. The van der Waals surface area contributed by atoms with Crippen molar-refractivity contribution in [1.29, 1.82) is 5.26 Å². The number of nitrogens with two attached hydrogens (primary N) is 1. The monoisotopic (exact) mass is 391 g/mol. The number of fused-ring (bicyclic) bond motifs is 1. The van der Waals surface area contributed by atoms with E-state index in [0.29, 0.717) is 5.69 Å². The molecular formula is C20H21N7O2. The first-order valence-electron chi connectivity index (χ1n) is 8.96. The molecule has 0 aliphatic carbocycles. The van der Waals surface area contributed by atoms with Gasteiger partial charge in [-0.3, -0.25) is 9.78 Å². The van der Waals surface area contributed by atoms with E-state index in [4.69, 9.17) is 10.5 Å². The van der Waals surface area contributed by atoms with Crippen LogP contribution in [0.15, 0.2) is 36.5 Å². The van der Waals surface area contributed by atoms with E-state index in [1.165, 1.54) is 7.11 Å². The number of carbonyl (C=O) groups excluding carboxylic acids is 1. The van der Waals surface area contributed by atoms with Gasteiger partial charge in [0, 0.05) is 17.3 Å². The number of carbonyl (C=O) groups is 1. The molecule has 1 atom stereocenters. The molecule has 1 unspecified atom stereocenters. The van der Waals surface area contributed by atoms with E-state index >= 15 is 0 Å². The number of aromatic nitrogens is 3. The summed E-state index contributed by atoms with van der Waals surface area (Å²) in [5, 5.41) is 16.6. The van der Waals surface area contributed by atoms with Crippen LogP contribution in [-0.2, 0) is 4.79 Å². The van der Waals surface area contributed by atoms with Crippen molar-refractivity contribution in [2.75, 3.05) is 17.7 Å². The Hall–Kier alpha value is -3.93. The van der Waals surface area contributed by atoms with Gasteiger partial charge in [-0.05, 0) is 30.2 Å². The number of nitriles is 1. The maximum absolute atomic E-state index is 11.7. The van der Waals surface area contributed by atoms with Crippen LogP contribution in [0.2, 0.25) is 0 Å². The van der Waals surface area contributed by atoms with Crippen molar-refractivity contribution >= 4 is 34.3 Å². The average molecular weight is 391 g/mol. The Morgan fingerprint density at radius 3 is 2.72 bits per heavy atom. The van der Waals surface area contributed by atoms with Crippen LogP contribution in [0.25, 0.3) is 10.9 Å². The highest BCUT2D eigenvalue weighted by molar-refractivity contribution is 5.84. The zero-order chi connectivity index (χ0) is 21.0. The third kappa shape index (κ3) is 4.32. The number of rotatable bonds is 7. The minimum absolute atomic E-state index is 0.0814. The lowest BCUT2D eigenvalue weighted by Crippen LogP contribution is -2.40. The molecule has 1 amide bonds. The average Bonchev–Trinajstić information content (AvgIpc) is 2.71. The molecule has 2 heterocycles. The zero-order valence-corrected chi connectivity index (χ0v) is 16.3. The van der Waals surface area contributed by atoms with Crippen LogP contribution in [0, 0.1) is 17.2 Å². The largest absolute Gasteiger partial charge is 0.480 e. The van der Waals surface area contributed by atoms with Crippen LogP contribution < -0.4 is 21.1 Å². The van der Waals surface area contributed by atoms with Crippen molar-refractivity contribution in [3.05, 3.63) is 42.1 Å². The molecule has 0 aliphatic heterocycles. The van der Waals surface area contributed by atoms with Gasteiger partial charge in [-0.15, -0.1) is 0 Å². The SMILES string of the molecule is COc1nc(NC(C(N)=O)C(C)C)nc(Nc2ccc3ncccc3c2)c1C#N. The summed E-state index contributed by atoms with van der Waals surface area (Å²) >= 11 is 0. The lowest BCUT2D eigenvalue weighted by atomic mass is 10.0. The predicted molar refractivity (Wildman–Crippen MR) is 110 cm³/mol. The summed E-state index contributed by atoms with van der Waals surface area (Å²) in [6.45, 7) is 3.71. The number of benzene rings is 1. The van der Waals surface area contributed by atoms with Crippen LogP contribution in [-0.4, -0.2) is 34.0 Å². The van der Waals surface area contributed by atoms with Gasteiger partial charge in [0.05, 0.1) is 12.6 Å². The number of primary amides is 1. The Balaban J connectivity index is 2.01. The lowest BCUT2D eigenvalue weighted by Gasteiger charge is -2.20. The number of amides is 1. The Morgan fingerprint density at radius 1 is 1.28 bits per heavy atom. The molecule has 4 N–H and O–H groups in total. The van der Waals surface area contributed by atoms with Crippen LogP contribution in [0.1, 0.15) is 19.4 Å². The second-order valence-electron chi connectivity index (χ2n) is 6.70. The topological polar surface area (TPSA) is 139 Å². The lowest BCUT2D eigenvalue weighted by molar-refractivity contribution is -0.119. The van der Waals surface area contributed by atoms with Crippen molar-refractivity contribution in [2.45, 2.75) is 19.9 Å². The predicted octanol–water partition coefficient (Wildman–Crippen LogP) is 2.57. The van der Waals surface area contributed by atoms with Crippen molar-refractivity contribution in [2.24, 2.45) is 11.7 Å². The van der Waals surface area contributed by atoms with E-state index in [0.717, 1.165) is 10.9 Å². The second-order valence-corrected chi connectivity index (χ2v) is 6.70. The van der Waals surface area contributed by atoms with E-state index in [2.05, 4.69) is 31.7 Å². The minimum Gasteiger partial charge on any atom is -0.480 e. The summed E-state index contributed by atoms with van der Waals surface area (Å²) in [6, 6.07) is 10.8. The Kier molecular flexibility index (Phi) is 5.74.